The van der Waals surface area contributed by atoms with E-state index in [1.807, 2.05) is 0 Å². The quantitative estimate of drug-likeness (QED) is 0.0222. The first-order chi connectivity index (χ1) is 43.2. The van der Waals surface area contributed by atoms with Gasteiger partial charge in [-0.25, -0.2) is 9.13 Å². The normalized spacial score (nSPS) is 14.2. The van der Waals surface area contributed by atoms with Gasteiger partial charge in [-0.15, -0.1) is 0 Å². The molecule has 0 aliphatic rings. The lowest BCUT2D eigenvalue weighted by molar-refractivity contribution is -0.161. The van der Waals surface area contributed by atoms with Crippen LogP contribution in [0, 0.1) is 17.8 Å². The van der Waals surface area contributed by atoms with Crippen molar-refractivity contribution < 1.29 is 80.2 Å². The van der Waals surface area contributed by atoms with Crippen LogP contribution in [0.25, 0.3) is 0 Å². The molecule has 2 unspecified atom stereocenters. The number of carbonyl (C=O) groups excluding carboxylic acids is 4. The molecule has 0 spiro atoms. The lowest BCUT2D eigenvalue weighted by atomic mass is 10.0. The van der Waals surface area contributed by atoms with Crippen molar-refractivity contribution in [1.82, 2.24) is 0 Å². The van der Waals surface area contributed by atoms with E-state index in [0.29, 0.717) is 31.6 Å². The fourth-order valence-electron chi connectivity index (χ4n) is 10.7. The Labute approximate surface area is 549 Å². The largest absolute Gasteiger partial charge is 0.472 e. The maximum atomic E-state index is 13.0. The number of phosphoric ester groups is 2. The number of carbonyl (C=O) groups is 4. The molecule has 19 heteroatoms. The van der Waals surface area contributed by atoms with Gasteiger partial charge < -0.3 is 33.8 Å². The van der Waals surface area contributed by atoms with Crippen molar-refractivity contribution >= 4 is 39.5 Å². The summed E-state index contributed by atoms with van der Waals surface area (Å²) in [6.45, 7) is 11.8. The second-order valence-corrected chi connectivity index (χ2v) is 30.0. The zero-order valence-corrected chi connectivity index (χ0v) is 60.4. The number of ether oxygens (including phenoxy) is 4. The highest BCUT2D eigenvalue weighted by atomic mass is 31.2. The van der Waals surface area contributed by atoms with Gasteiger partial charge in [0.1, 0.15) is 19.3 Å². The fourth-order valence-corrected chi connectivity index (χ4v) is 12.3. The van der Waals surface area contributed by atoms with Crippen molar-refractivity contribution in [3.63, 3.8) is 0 Å². The van der Waals surface area contributed by atoms with Crippen molar-refractivity contribution in [2.24, 2.45) is 17.8 Å². The lowest BCUT2D eigenvalue weighted by Crippen LogP contribution is -2.30. The molecule has 0 aromatic heterocycles. The van der Waals surface area contributed by atoms with E-state index < -0.39 is 97.5 Å². The lowest BCUT2D eigenvalue weighted by Gasteiger charge is -2.21. The highest BCUT2D eigenvalue weighted by Gasteiger charge is 2.30. The standard InChI is InChI=1S/C71H138O17P2/c1-8-9-10-35-45-52-68(73)81-58-66(87-71(76)55-48-41-34-28-31-38-44-51-64(6)7)60-85-89(77,78)83-56-65(72)57-84-90(79,80)86-61-67(59-82-69(74)53-46-39-32-26-22-18-15-14-17-21-25-30-37-43-50-63(4)5)88-70(75)54-47-40-33-27-23-19-13-11-12-16-20-24-29-36-42-49-62(2)3/h62-67,72H,8-61H2,1-7H3,(H,77,78)(H,79,80)/t65-,66+,67+/m0/s1. The second kappa shape index (κ2) is 61.9. The SMILES string of the molecule is CCCCCCCC(=O)OC[C@H](COP(=O)(O)OC[C@H](O)COP(=O)(O)OC[C@@H](COC(=O)CCCCCCCCCCCCCCCCC(C)C)OC(=O)CCCCCCCCCCCCCCCCCC(C)C)OC(=O)CCCCCCCCCC(C)C. The first kappa shape index (κ1) is 88.1. The molecule has 90 heavy (non-hydrogen) atoms. The van der Waals surface area contributed by atoms with Crippen LogP contribution in [0.3, 0.4) is 0 Å². The van der Waals surface area contributed by atoms with Crippen molar-refractivity contribution in [2.75, 3.05) is 39.6 Å². The number of rotatable bonds is 69. The van der Waals surface area contributed by atoms with Crippen molar-refractivity contribution in [2.45, 2.75) is 375 Å². The first-order valence-corrected chi connectivity index (χ1v) is 39.8. The number of aliphatic hydroxyl groups excluding tert-OH is 1. The molecule has 0 saturated heterocycles. The molecular formula is C71H138O17P2. The Morgan fingerprint density at radius 3 is 0.756 bits per heavy atom. The molecule has 0 radical (unpaired) electrons. The molecule has 0 heterocycles. The van der Waals surface area contributed by atoms with E-state index in [-0.39, 0.29) is 25.7 Å². The summed E-state index contributed by atoms with van der Waals surface area (Å²) < 4.78 is 68.1. The number of hydrogen-bond donors (Lipinski definition) is 3. The van der Waals surface area contributed by atoms with E-state index in [4.69, 9.17) is 37.0 Å². The van der Waals surface area contributed by atoms with Crippen LogP contribution in [-0.2, 0) is 65.4 Å². The number of phosphoric acid groups is 2. The smallest absolute Gasteiger partial charge is 0.462 e. The summed E-state index contributed by atoms with van der Waals surface area (Å²) in [6.07, 6.45) is 46.4. The van der Waals surface area contributed by atoms with Gasteiger partial charge in [0.05, 0.1) is 26.4 Å². The molecular weight excluding hydrogens is 1190 g/mol. The van der Waals surface area contributed by atoms with E-state index in [1.54, 1.807) is 0 Å². The molecule has 0 bridgehead atoms. The number of esters is 4. The third-order valence-corrected chi connectivity index (χ3v) is 18.3. The van der Waals surface area contributed by atoms with E-state index >= 15 is 0 Å². The Morgan fingerprint density at radius 1 is 0.300 bits per heavy atom. The van der Waals surface area contributed by atoms with Crippen molar-refractivity contribution in [3.8, 4) is 0 Å². The van der Waals surface area contributed by atoms with E-state index in [9.17, 15) is 43.2 Å². The highest BCUT2D eigenvalue weighted by Crippen LogP contribution is 2.45. The Kier molecular flexibility index (Phi) is 60.6. The van der Waals surface area contributed by atoms with Crippen LogP contribution in [0.5, 0.6) is 0 Å². The maximum Gasteiger partial charge on any atom is 0.472 e. The number of aliphatic hydroxyl groups is 1. The van der Waals surface area contributed by atoms with Crippen molar-refractivity contribution in [3.05, 3.63) is 0 Å². The van der Waals surface area contributed by atoms with Gasteiger partial charge in [-0.05, 0) is 43.4 Å². The van der Waals surface area contributed by atoms with Crippen molar-refractivity contribution in [1.29, 1.82) is 0 Å². The molecule has 3 N–H and O–H groups in total. The van der Waals surface area contributed by atoms with Crippen LogP contribution in [0.1, 0.15) is 357 Å². The minimum absolute atomic E-state index is 0.102. The monoisotopic (exact) mass is 1320 g/mol. The highest BCUT2D eigenvalue weighted by molar-refractivity contribution is 7.47. The average molecular weight is 1330 g/mol. The first-order valence-electron chi connectivity index (χ1n) is 36.8. The predicted molar refractivity (Wildman–Crippen MR) is 363 cm³/mol. The Bertz CT molecular complexity index is 1770. The van der Waals surface area contributed by atoms with Crippen LogP contribution in [0.2, 0.25) is 0 Å². The molecule has 534 valence electrons. The maximum absolute atomic E-state index is 13.0. The summed E-state index contributed by atoms with van der Waals surface area (Å²) in [4.78, 5) is 72.3. The van der Waals surface area contributed by atoms with Crippen LogP contribution < -0.4 is 0 Å². The van der Waals surface area contributed by atoms with Crippen LogP contribution in [0.15, 0.2) is 0 Å². The third-order valence-electron chi connectivity index (χ3n) is 16.4. The minimum atomic E-state index is -4.95. The number of hydrogen-bond acceptors (Lipinski definition) is 15. The molecule has 0 rings (SSSR count). The summed E-state index contributed by atoms with van der Waals surface area (Å²) in [5.41, 5.74) is 0. The van der Waals surface area contributed by atoms with Crippen LogP contribution in [-0.4, -0.2) is 96.7 Å². The minimum Gasteiger partial charge on any atom is -0.462 e. The summed E-state index contributed by atoms with van der Waals surface area (Å²) in [5.74, 6) is 0.160. The Balaban J connectivity index is 5.15. The average Bonchev–Trinajstić information content (AvgIpc) is 3.64. The van der Waals surface area contributed by atoms with E-state index in [0.717, 1.165) is 108 Å². The predicted octanol–water partition coefficient (Wildman–Crippen LogP) is 20.2. The fraction of sp³-hybridized carbons (Fsp3) is 0.944. The molecule has 17 nitrogen and oxygen atoms in total. The van der Waals surface area contributed by atoms with Gasteiger partial charge in [-0.1, -0.05) is 305 Å². The molecule has 0 aromatic rings. The van der Waals surface area contributed by atoms with E-state index in [2.05, 4.69) is 48.5 Å². The molecule has 0 aliphatic heterocycles. The van der Waals surface area contributed by atoms with E-state index in [1.165, 1.54) is 161 Å². The summed E-state index contributed by atoms with van der Waals surface area (Å²) >= 11 is 0. The van der Waals surface area contributed by atoms with Gasteiger partial charge in [-0.3, -0.25) is 37.3 Å². The molecule has 5 atom stereocenters. The Morgan fingerprint density at radius 2 is 0.511 bits per heavy atom. The number of unbranched alkanes of at least 4 members (excludes halogenated alkanes) is 37. The van der Waals surface area contributed by atoms with Gasteiger partial charge in [0.15, 0.2) is 12.2 Å². The molecule has 0 aliphatic carbocycles. The summed E-state index contributed by atoms with van der Waals surface area (Å²) in [7, 11) is -9.89. The van der Waals surface area contributed by atoms with Gasteiger partial charge in [0, 0.05) is 25.7 Å². The van der Waals surface area contributed by atoms with Gasteiger partial charge in [-0.2, -0.15) is 0 Å². The van der Waals surface area contributed by atoms with Gasteiger partial charge in [0.25, 0.3) is 0 Å². The second-order valence-electron chi connectivity index (χ2n) is 27.1. The molecule has 0 fully saturated rings. The molecule has 0 saturated carbocycles. The summed E-state index contributed by atoms with van der Waals surface area (Å²) in [6, 6.07) is 0. The van der Waals surface area contributed by atoms with Gasteiger partial charge in [0.2, 0.25) is 0 Å². The zero-order valence-electron chi connectivity index (χ0n) is 58.6. The van der Waals surface area contributed by atoms with Crippen LogP contribution >= 0.6 is 15.6 Å². The van der Waals surface area contributed by atoms with Crippen LogP contribution in [0.4, 0.5) is 0 Å². The molecule has 0 aromatic carbocycles. The Hall–Kier alpha value is -1.94. The summed E-state index contributed by atoms with van der Waals surface area (Å²) in [5, 5.41) is 10.6. The molecule has 0 amide bonds. The van der Waals surface area contributed by atoms with Gasteiger partial charge >= 0.3 is 39.5 Å². The third kappa shape index (κ3) is 64.8. The zero-order chi connectivity index (χ0) is 66.6. The topological polar surface area (TPSA) is 237 Å².